The number of fused-ring (bicyclic) bond motifs is 12. The lowest BCUT2D eigenvalue weighted by molar-refractivity contribution is 1.16. The summed E-state index contributed by atoms with van der Waals surface area (Å²) in [6.07, 6.45) is 0. The van der Waals surface area contributed by atoms with Gasteiger partial charge in [0, 0.05) is 59.2 Å². The third kappa shape index (κ3) is 3.74. The van der Waals surface area contributed by atoms with Crippen LogP contribution in [0.4, 0.5) is 0 Å². The summed E-state index contributed by atoms with van der Waals surface area (Å²) >= 11 is 1.88. The molecule has 0 bridgehead atoms. The standard InChI is InChI=1S/C48H29N3S/c1-6-18-40-32(12-1)33-13-2-7-19-41(33)49(40)30-24-26-44-38(28-30)34-14-3-8-20-42(34)50(44)31-25-27-45-39(29-31)35-15-4-9-21-43(35)51(45)46-22-11-17-37-36-16-5-10-23-47(36)52-48(37)46/h1-29H. The minimum Gasteiger partial charge on any atom is -0.309 e. The van der Waals surface area contributed by atoms with E-state index in [4.69, 9.17) is 0 Å². The van der Waals surface area contributed by atoms with Crippen LogP contribution in [0.2, 0.25) is 0 Å². The van der Waals surface area contributed by atoms with Crippen LogP contribution >= 0.6 is 11.3 Å². The van der Waals surface area contributed by atoms with Crippen molar-refractivity contribution in [3.63, 3.8) is 0 Å². The van der Waals surface area contributed by atoms with Gasteiger partial charge in [-0.25, -0.2) is 0 Å². The number of rotatable bonds is 3. The van der Waals surface area contributed by atoms with E-state index in [1.807, 2.05) is 11.3 Å². The van der Waals surface area contributed by atoms with Crippen molar-refractivity contribution in [3.05, 3.63) is 176 Å². The summed E-state index contributed by atoms with van der Waals surface area (Å²) in [7, 11) is 0. The summed E-state index contributed by atoms with van der Waals surface area (Å²) in [4.78, 5) is 0. The molecule has 8 aromatic carbocycles. The molecule has 0 aliphatic carbocycles. The predicted octanol–water partition coefficient (Wildman–Crippen LogP) is 13.3. The Morgan fingerprint density at radius 2 is 0.692 bits per heavy atom. The first-order valence-electron chi connectivity index (χ1n) is 17.8. The molecule has 4 heteroatoms. The topological polar surface area (TPSA) is 14.8 Å². The van der Waals surface area contributed by atoms with Crippen molar-refractivity contribution < 1.29 is 0 Å². The van der Waals surface area contributed by atoms with E-state index in [-0.39, 0.29) is 0 Å². The van der Waals surface area contributed by atoms with Crippen LogP contribution in [-0.4, -0.2) is 13.7 Å². The molecule has 0 aliphatic heterocycles. The predicted molar refractivity (Wildman–Crippen MR) is 222 cm³/mol. The molecule has 0 fully saturated rings. The zero-order valence-corrected chi connectivity index (χ0v) is 28.8. The molecule has 0 atom stereocenters. The third-order valence-electron chi connectivity index (χ3n) is 11.0. The fraction of sp³-hybridized carbons (Fsp3) is 0. The number of benzene rings is 8. The molecule has 0 spiro atoms. The minimum atomic E-state index is 1.16. The normalized spacial score (nSPS) is 12.2. The molecule has 4 aromatic heterocycles. The summed E-state index contributed by atoms with van der Waals surface area (Å²) in [5.41, 5.74) is 10.8. The number of hydrogen-bond donors (Lipinski definition) is 0. The Bertz CT molecular complexity index is 3370. The Morgan fingerprint density at radius 1 is 0.288 bits per heavy atom. The minimum absolute atomic E-state index is 1.16. The molecule has 4 heterocycles. The van der Waals surface area contributed by atoms with Crippen molar-refractivity contribution in [2.75, 3.05) is 0 Å². The van der Waals surface area contributed by atoms with Crippen molar-refractivity contribution in [1.82, 2.24) is 13.7 Å². The Balaban J connectivity index is 1.10. The number of para-hydroxylation sites is 4. The molecule has 0 radical (unpaired) electrons. The molecule has 0 saturated heterocycles. The van der Waals surface area contributed by atoms with E-state index in [1.54, 1.807) is 0 Å². The maximum atomic E-state index is 2.47. The molecule has 3 nitrogen and oxygen atoms in total. The Labute approximate surface area is 302 Å². The van der Waals surface area contributed by atoms with Gasteiger partial charge in [0.2, 0.25) is 0 Å². The molecule has 0 N–H and O–H groups in total. The third-order valence-corrected chi connectivity index (χ3v) is 12.2. The second kappa shape index (κ2) is 10.5. The van der Waals surface area contributed by atoms with Crippen LogP contribution in [0.25, 0.3) is 103 Å². The van der Waals surface area contributed by atoms with Gasteiger partial charge in [0.15, 0.2) is 0 Å². The van der Waals surface area contributed by atoms with Gasteiger partial charge in [-0.3, -0.25) is 0 Å². The molecule has 12 aromatic rings. The van der Waals surface area contributed by atoms with Crippen LogP contribution in [0, 0.1) is 0 Å². The maximum Gasteiger partial charge on any atom is 0.0640 e. The first-order valence-corrected chi connectivity index (χ1v) is 18.6. The zero-order chi connectivity index (χ0) is 33.9. The lowest BCUT2D eigenvalue weighted by atomic mass is 10.1. The smallest absolute Gasteiger partial charge is 0.0640 e. The summed E-state index contributed by atoms with van der Waals surface area (Å²) in [5, 5.41) is 10.2. The molecular weight excluding hydrogens is 651 g/mol. The second-order valence-corrected chi connectivity index (χ2v) is 14.8. The molecular formula is C48H29N3S. The van der Waals surface area contributed by atoms with Gasteiger partial charge in [0.05, 0.1) is 43.5 Å². The number of aromatic nitrogens is 3. The maximum absolute atomic E-state index is 2.47. The summed E-state index contributed by atoms with van der Waals surface area (Å²) in [6, 6.07) is 64.6. The van der Waals surface area contributed by atoms with Crippen LogP contribution in [0.5, 0.6) is 0 Å². The van der Waals surface area contributed by atoms with Gasteiger partial charge in [-0.2, -0.15) is 0 Å². The molecule has 12 rings (SSSR count). The van der Waals surface area contributed by atoms with Gasteiger partial charge < -0.3 is 13.7 Å². The highest BCUT2D eigenvalue weighted by molar-refractivity contribution is 7.26. The van der Waals surface area contributed by atoms with Crippen LogP contribution in [-0.2, 0) is 0 Å². The van der Waals surface area contributed by atoms with E-state index in [0.717, 1.165) is 5.69 Å². The summed E-state index contributed by atoms with van der Waals surface area (Å²) in [6.45, 7) is 0. The average molecular weight is 680 g/mol. The van der Waals surface area contributed by atoms with E-state index in [1.165, 1.54) is 97.0 Å². The van der Waals surface area contributed by atoms with Crippen molar-refractivity contribution in [3.8, 4) is 17.1 Å². The number of nitrogens with zero attached hydrogens (tertiary/aromatic N) is 3. The largest absolute Gasteiger partial charge is 0.309 e. The van der Waals surface area contributed by atoms with E-state index in [2.05, 4.69) is 190 Å². The van der Waals surface area contributed by atoms with Gasteiger partial charge in [0.1, 0.15) is 0 Å². The highest BCUT2D eigenvalue weighted by Crippen LogP contribution is 2.42. The van der Waals surface area contributed by atoms with Crippen LogP contribution in [0.15, 0.2) is 176 Å². The Hall–Kier alpha value is -6.62. The van der Waals surface area contributed by atoms with Gasteiger partial charge in [-0.05, 0) is 72.8 Å². The molecule has 0 aliphatic rings. The van der Waals surface area contributed by atoms with Gasteiger partial charge in [0.25, 0.3) is 0 Å². The fourth-order valence-electron chi connectivity index (χ4n) is 8.85. The van der Waals surface area contributed by atoms with Crippen molar-refractivity contribution in [2.45, 2.75) is 0 Å². The van der Waals surface area contributed by atoms with Crippen molar-refractivity contribution in [1.29, 1.82) is 0 Å². The number of hydrogen-bond acceptors (Lipinski definition) is 1. The first kappa shape index (κ1) is 28.1. The Morgan fingerprint density at radius 3 is 1.25 bits per heavy atom. The average Bonchev–Trinajstić information content (AvgIpc) is 3.94. The van der Waals surface area contributed by atoms with Gasteiger partial charge >= 0.3 is 0 Å². The highest BCUT2D eigenvalue weighted by Gasteiger charge is 2.20. The van der Waals surface area contributed by atoms with Gasteiger partial charge in [-0.15, -0.1) is 11.3 Å². The lowest BCUT2D eigenvalue weighted by Gasteiger charge is -2.12. The van der Waals surface area contributed by atoms with E-state index >= 15 is 0 Å². The van der Waals surface area contributed by atoms with E-state index < -0.39 is 0 Å². The van der Waals surface area contributed by atoms with Crippen molar-refractivity contribution in [2.24, 2.45) is 0 Å². The van der Waals surface area contributed by atoms with Crippen molar-refractivity contribution >= 4 is 96.9 Å². The molecule has 242 valence electrons. The first-order chi connectivity index (χ1) is 25.8. The lowest BCUT2D eigenvalue weighted by Crippen LogP contribution is -1.96. The molecule has 0 unspecified atom stereocenters. The molecule has 0 saturated carbocycles. The SMILES string of the molecule is c1ccc2c(c1)sc1c(-n3c4ccccc4c4cc(-n5c6ccccc6c6cc(-n7c8ccccc8c8ccccc87)ccc65)ccc43)cccc12. The zero-order valence-electron chi connectivity index (χ0n) is 28.0. The van der Waals surface area contributed by atoms with Crippen LogP contribution in [0.3, 0.4) is 0 Å². The summed E-state index contributed by atoms with van der Waals surface area (Å²) in [5.74, 6) is 0. The quantitative estimate of drug-likeness (QED) is 0.177. The highest BCUT2D eigenvalue weighted by atomic mass is 32.1. The van der Waals surface area contributed by atoms with Crippen LogP contribution < -0.4 is 0 Å². The Kier molecular flexibility index (Phi) is 5.65. The van der Waals surface area contributed by atoms with E-state index in [0.29, 0.717) is 0 Å². The molecule has 0 amide bonds. The second-order valence-electron chi connectivity index (χ2n) is 13.7. The molecule has 52 heavy (non-hydrogen) atoms. The fourth-order valence-corrected chi connectivity index (χ4v) is 10.1. The van der Waals surface area contributed by atoms with Crippen LogP contribution in [0.1, 0.15) is 0 Å². The monoisotopic (exact) mass is 679 g/mol. The van der Waals surface area contributed by atoms with E-state index in [9.17, 15) is 0 Å². The van der Waals surface area contributed by atoms with Gasteiger partial charge in [-0.1, -0.05) is 103 Å². The number of thiophene rings is 1. The summed E-state index contributed by atoms with van der Waals surface area (Å²) < 4.78 is 9.96.